The van der Waals surface area contributed by atoms with E-state index >= 15 is 0 Å². The number of halogens is 2. The van der Waals surface area contributed by atoms with Crippen molar-refractivity contribution in [1.29, 1.82) is 0 Å². The Morgan fingerprint density at radius 2 is 1.64 bits per heavy atom. The maximum absolute atomic E-state index is 13.4. The molecule has 0 bridgehead atoms. The van der Waals surface area contributed by atoms with Gasteiger partial charge in [-0.15, -0.1) is 0 Å². The number of aromatic nitrogens is 3. The summed E-state index contributed by atoms with van der Waals surface area (Å²) in [5.41, 5.74) is 2.38. The van der Waals surface area contributed by atoms with Crippen LogP contribution in [0.2, 0.25) is 5.02 Å². The Hall–Kier alpha value is -4.31. The minimum Gasteiger partial charge on any atom is -0.456 e. The summed E-state index contributed by atoms with van der Waals surface area (Å²) in [6.07, 6.45) is 1.47. The SMILES string of the molecule is Cc1cc(CNC(=O)c2cc(C(=O)NCc3ccc(F)c(Cl)c3)nc3ccnn23)ccc1C(=O)OC(C)(C)C. The molecule has 2 aromatic heterocycles. The van der Waals surface area contributed by atoms with Crippen molar-refractivity contribution < 1.29 is 23.5 Å². The number of benzene rings is 2. The fraction of sp³-hybridized carbons (Fsp3) is 0.250. The van der Waals surface area contributed by atoms with Crippen molar-refractivity contribution in [3.8, 4) is 0 Å². The minimum absolute atomic E-state index is 0.0129. The first-order valence-corrected chi connectivity index (χ1v) is 12.5. The average Bonchev–Trinajstić information content (AvgIpc) is 3.35. The van der Waals surface area contributed by atoms with Gasteiger partial charge < -0.3 is 15.4 Å². The van der Waals surface area contributed by atoms with Gasteiger partial charge in [0, 0.05) is 25.2 Å². The van der Waals surface area contributed by atoms with E-state index in [0.717, 1.165) is 11.1 Å². The van der Waals surface area contributed by atoms with Gasteiger partial charge in [-0.3, -0.25) is 9.59 Å². The maximum atomic E-state index is 13.4. The molecule has 0 fully saturated rings. The highest BCUT2D eigenvalue weighted by molar-refractivity contribution is 6.30. The summed E-state index contributed by atoms with van der Waals surface area (Å²) < 4.78 is 20.2. The summed E-state index contributed by atoms with van der Waals surface area (Å²) in [6, 6.07) is 12.3. The third kappa shape index (κ3) is 6.77. The first kappa shape index (κ1) is 27.7. The molecule has 11 heteroatoms. The van der Waals surface area contributed by atoms with Gasteiger partial charge in [0.05, 0.1) is 16.8 Å². The van der Waals surface area contributed by atoms with Crippen LogP contribution >= 0.6 is 11.6 Å². The van der Waals surface area contributed by atoms with E-state index in [1.54, 1.807) is 52.0 Å². The topological polar surface area (TPSA) is 115 Å². The molecule has 2 aromatic carbocycles. The molecule has 202 valence electrons. The number of carbonyl (C=O) groups excluding carboxylic acids is 3. The molecule has 0 aliphatic heterocycles. The van der Waals surface area contributed by atoms with Gasteiger partial charge in [0.1, 0.15) is 22.8 Å². The van der Waals surface area contributed by atoms with E-state index in [4.69, 9.17) is 16.3 Å². The van der Waals surface area contributed by atoms with Gasteiger partial charge in [0.2, 0.25) is 0 Å². The third-order valence-corrected chi connectivity index (χ3v) is 5.91. The smallest absolute Gasteiger partial charge is 0.338 e. The number of ether oxygens (including phenoxy) is 1. The number of rotatable bonds is 7. The van der Waals surface area contributed by atoms with E-state index in [1.807, 2.05) is 0 Å². The summed E-state index contributed by atoms with van der Waals surface area (Å²) >= 11 is 5.81. The van der Waals surface area contributed by atoms with Crippen LogP contribution in [0.3, 0.4) is 0 Å². The zero-order chi connectivity index (χ0) is 28.3. The van der Waals surface area contributed by atoms with Crippen molar-refractivity contribution in [2.75, 3.05) is 0 Å². The Morgan fingerprint density at radius 1 is 0.974 bits per heavy atom. The lowest BCUT2D eigenvalue weighted by atomic mass is 10.0. The Morgan fingerprint density at radius 3 is 2.31 bits per heavy atom. The van der Waals surface area contributed by atoms with Crippen LogP contribution in [0.4, 0.5) is 4.39 Å². The van der Waals surface area contributed by atoms with Crippen LogP contribution < -0.4 is 10.6 Å². The quantitative estimate of drug-likeness (QED) is 0.323. The normalized spacial score (nSPS) is 11.3. The molecule has 0 aliphatic rings. The average molecular weight is 552 g/mol. The van der Waals surface area contributed by atoms with Gasteiger partial charge in [0.25, 0.3) is 11.8 Å². The number of nitrogens with one attached hydrogen (secondary N) is 2. The number of hydrogen-bond donors (Lipinski definition) is 2. The summed E-state index contributed by atoms with van der Waals surface area (Å²) in [7, 11) is 0. The van der Waals surface area contributed by atoms with E-state index in [0.29, 0.717) is 16.8 Å². The molecule has 0 spiro atoms. The van der Waals surface area contributed by atoms with Crippen LogP contribution in [0.15, 0.2) is 54.7 Å². The standard InChI is InChI=1S/C28H27ClFN5O4/c1-16-11-17(5-7-19(16)27(38)39-28(2,3)4)14-32-26(37)23-13-22(34-24-9-10-33-35(23)24)25(36)31-15-18-6-8-21(30)20(29)12-18/h5-13H,14-15H2,1-4H3,(H,31,36)(H,32,37). The van der Waals surface area contributed by atoms with Crippen LogP contribution in [0.5, 0.6) is 0 Å². The highest BCUT2D eigenvalue weighted by Crippen LogP contribution is 2.18. The van der Waals surface area contributed by atoms with Gasteiger partial charge in [-0.05, 0) is 62.6 Å². The second-order valence-corrected chi connectivity index (χ2v) is 10.3. The van der Waals surface area contributed by atoms with Crippen molar-refractivity contribution >= 4 is 35.0 Å². The summed E-state index contributed by atoms with van der Waals surface area (Å²) in [5, 5.41) is 9.61. The number of esters is 1. The van der Waals surface area contributed by atoms with Crippen LogP contribution in [-0.2, 0) is 17.8 Å². The van der Waals surface area contributed by atoms with Crippen molar-refractivity contribution in [1.82, 2.24) is 25.2 Å². The van der Waals surface area contributed by atoms with Gasteiger partial charge in [0.15, 0.2) is 5.65 Å². The molecular weight excluding hydrogens is 525 g/mol. The zero-order valence-corrected chi connectivity index (χ0v) is 22.6. The van der Waals surface area contributed by atoms with Crippen LogP contribution in [0.1, 0.15) is 68.8 Å². The predicted molar refractivity (Wildman–Crippen MR) is 143 cm³/mol. The molecule has 4 rings (SSSR count). The first-order valence-electron chi connectivity index (χ1n) is 12.1. The second-order valence-electron chi connectivity index (χ2n) is 9.89. The second kappa shape index (κ2) is 11.2. The van der Waals surface area contributed by atoms with E-state index < -0.39 is 29.2 Å². The molecule has 0 saturated carbocycles. The molecule has 2 heterocycles. The summed E-state index contributed by atoms with van der Waals surface area (Å²) in [5.74, 6) is -1.97. The highest BCUT2D eigenvalue weighted by Gasteiger charge is 2.20. The molecule has 0 unspecified atom stereocenters. The van der Waals surface area contributed by atoms with E-state index in [-0.39, 0.29) is 29.5 Å². The summed E-state index contributed by atoms with van der Waals surface area (Å²) in [6.45, 7) is 7.46. The molecule has 0 atom stereocenters. The number of carbonyl (C=O) groups is 3. The monoisotopic (exact) mass is 551 g/mol. The van der Waals surface area contributed by atoms with Crippen LogP contribution in [-0.4, -0.2) is 38.0 Å². The van der Waals surface area contributed by atoms with E-state index in [9.17, 15) is 18.8 Å². The highest BCUT2D eigenvalue weighted by atomic mass is 35.5. The molecule has 9 nitrogen and oxygen atoms in total. The third-order valence-electron chi connectivity index (χ3n) is 5.62. The molecule has 0 aliphatic carbocycles. The zero-order valence-electron chi connectivity index (χ0n) is 21.8. The minimum atomic E-state index is -0.608. The summed E-state index contributed by atoms with van der Waals surface area (Å²) in [4.78, 5) is 42.6. The van der Waals surface area contributed by atoms with Gasteiger partial charge in [-0.2, -0.15) is 5.10 Å². The number of amides is 2. The number of nitrogens with zero attached hydrogens (tertiary/aromatic N) is 3. The maximum Gasteiger partial charge on any atom is 0.338 e. The molecule has 4 aromatic rings. The lowest BCUT2D eigenvalue weighted by Gasteiger charge is -2.20. The van der Waals surface area contributed by atoms with Gasteiger partial charge >= 0.3 is 5.97 Å². The van der Waals surface area contributed by atoms with Gasteiger partial charge in [-0.25, -0.2) is 18.7 Å². The van der Waals surface area contributed by atoms with E-state index in [1.165, 1.54) is 35.0 Å². The number of fused-ring (bicyclic) bond motifs is 1. The lowest BCUT2D eigenvalue weighted by Crippen LogP contribution is -2.28. The Kier molecular flexibility index (Phi) is 7.96. The molecule has 0 radical (unpaired) electrons. The molecule has 0 saturated heterocycles. The van der Waals surface area contributed by atoms with Gasteiger partial charge in [-0.1, -0.05) is 29.8 Å². The molecular formula is C28H27ClFN5O4. The Bertz CT molecular complexity index is 1580. The molecule has 2 amide bonds. The Balaban J connectivity index is 1.47. The van der Waals surface area contributed by atoms with Crippen molar-refractivity contribution in [3.05, 3.63) is 99.2 Å². The number of aryl methyl sites for hydroxylation is 1. The first-order chi connectivity index (χ1) is 18.4. The Labute approximate surface area is 229 Å². The van der Waals surface area contributed by atoms with Crippen molar-refractivity contribution in [2.45, 2.75) is 46.4 Å². The fourth-order valence-electron chi connectivity index (χ4n) is 3.78. The van der Waals surface area contributed by atoms with Crippen LogP contribution in [0.25, 0.3) is 5.65 Å². The van der Waals surface area contributed by atoms with Crippen molar-refractivity contribution in [2.24, 2.45) is 0 Å². The molecule has 2 N–H and O–H groups in total. The van der Waals surface area contributed by atoms with E-state index in [2.05, 4.69) is 20.7 Å². The van der Waals surface area contributed by atoms with Crippen molar-refractivity contribution in [3.63, 3.8) is 0 Å². The van der Waals surface area contributed by atoms with Crippen LogP contribution in [0, 0.1) is 12.7 Å². The predicted octanol–water partition coefficient (Wildman–Crippen LogP) is 4.65. The largest absolute Gasteiger partial charge is 0.456 e. The fourth-order valence-corrected chi connectivity index (χ4v) is 3.99. The number of hydrogen-bond acceptors (Lipinski definition) is 6. The molecule has 39 heavy (non-hydrogen) atoms. The lowest BCUT2D eigenvalue weighted by molar-refractivity contribution is 0.00684.